The minimum atomic E-state index is -0.252. The number of amides is 1. The number of carbonyl (C=O) groups excluding carboxylic acids is 1. The van der Waals surface area contributed by atoms with Crippen LogP contribution in [0.5, 0.6) is 0 Å². The quantitative estimate of drug-likeness (QED) is 0.798. The van der Waals surface area contributed by atoms with E-state index in [0.29, 0.717) is 6.04 Å². The van der Waals surface area contributed by atoms with Crippen molar-refractivity contribution in [3.05, 3.63) is 24.0 Å². The molecule has 3 saturated heterocycles. The van der Waals surface area contributed by atoms with Crippen molar-refractivity contribution in [2.75, 3.05) is 55.8 Å². The number of anilines is 1. The Morgan fingerprint density at radius 1 is 1.21 bits per heavy atom. The largest absolute Gasteiger partial charge is 0.340 e. The number of imidazole rings is 1. The molecule has 3 aliphatic rings. The third kappa shape index (κ3) is 3.46. The number of thioether (sulfide) groups is 1. The third-order valence-electron chi connectivity index (χ3n) is 6.03. The van der Waals surface area contributed by atoms with Crippen LogP contribution in [0.15, 0.2) is 18.2 Å². The molecule has 0 bridgehead atoms. The van der Waals surface area contributed by atoms with E-state index in [4.69, 9.17) is 0 Å². The molecule has 9 heteroatoms. The molecular formula is C19H25FN6OS. The highest BCUT2D eigenvalue weighted by atomic mass is 32.2. The molecule has 0 aliphatic carbocycles. The Bertz CT molecular complexity index is 861. The molecule has 2 N–H and O–H groups in total. The zero-order valence-electron chi connectivity index (χ0n) is 15.7. The standard InChI is InChI=1S/C19H25FN6OS/c20-13-1-2-15-16(9-13)23-19(22-15)25-5-3-24(4-6-25)14-10-17(21-11-14)18(27)26-7-8-28-12-26/h1-2,9,14,17,21H,3-8,10-12H2,(H,22,23)/t14-,17-/m0/s1. The summed E-state index contributed by atoms with van der Waals surface area (Å²) in [4.78, 5) is 27.1. The molecule has 3 aliphatic heterocycles. The van der Waals surface area contributed by atoms with Crippen LogP contribution in [-0.4, -0.2) is 88.7 Å². The summed E-state index contributed by atoms with van der Waals surface area (Å²) in [5, 5.41) is 3.44. The Kier molecular flexibility index (Phi) is 4.90. The van der Waals surface area contributed by atoms with E-state index in [1.165, 1.54) is 12.1 Å². The number of aromatic nitrogens is 2. The van der Waals surface area contributed by atoms with Gasteiger partial charge in [0.05, 0.1) is 23.0 Å². The molecule has 0 spiro atoms. The molecule has 2 atom stereocenters. The van der Waals surface area contributed by atoms with Gasteiger partial charge in [0.2, 0.25) is 11.9 Å². The van der Waals surface area contributed by atoms with Crippen LogP contribution in [0.2, 0.25) is 0 Å². The molecule has 0 radical (unpaired) electrons. The first-order chi connectivity index (χ1) is 13.7. The molecule has 4 heterocycles. The molecule has 150 valence electrons. The molecule has 28 heavy (non-hydrogen) atoms. The minimum Gasteiger partial charge on any atom is -0.340 e. The van der Waals surface area contributed by atoms with Crippen molar-refractivity contribution in [3.63, 3.8) is 0 Å². The van der Waals surface area contributed by atoms with Crippen molar-refractivity contribution in [2.45, 2.75) is 18.5 Å². The van der Waals surface area contributed by atoms with E-state index < -0.39 is 0 Å². The maximum absolute atomic E-state index is 13.4. The number of piperazine rings is 1. The molecule has 5 rings (SSSR count). The van der Waals surface area contributed by atoms with Gasteiger partial charge >= 0.3 is 0 Å². The van der Waals surface area contributed by atoms with Crippen LogP contribution in [0, 0.1) is 5.82 Å². The summed E-state index contributed by atoms with van der Waals surface area (Å²) in [5.41, 5.74) is 1.53. The number of benzene rings is 1. The van der Waals surface area contributed by atoms with Gasteiger partial charge in [-0.2, -0.15) is 0 Å². The highest BCUT2D eigenvalue weighted by molar-refractivity contribution is 7.99. The van der Waals surface area contributed by atoms with E-state index in [0.717, 1.165) is 74.3 Å². The number of halogens is 1. The van der Waals surface area contributed by atoms with Crippen molar-refractivity contribution >= 4 is 34.7 Å². The molecule has 3 fully saturated rings. The van der Waals surface area contributed by atoms with Crippen molar-refractivity contribution in [3.8, 4) is 0 Å². The van der Waals surface area contributed by atoms with E-state index >= 15 is 0 Å². The predicted molar refractivity (Wildman–Crippen MR) is 109 cm³/mol. The van der Waals surface area contributed by atoms with E-state index in [-0.39, 0.29) is 17.8 Å². The number of fused-ring (bicyclic) bond motifs is 1. The van der Waals surface area contributed by atoms with Gasteiger partial charge in [0.1, 0.15) is 5.82 Å². The zero-order valence-corrected chi connectivity index (χ0v) is 16.6. The second kappa shape index (κ2) is 7.53. The highest BCUT2D eigenvalue weighted by Gasteiger charge is 2.36. The number of H-pyrrole nitrogens is 1. The van der Waals surface area contributed by atoms with Crippen molar-refractivity contribution in [1.29, 1.82) is 0 Å². The molecule has 1 aromatic heterocycles. The number of hydrogen-bond acceptors (Lipinski definition) is 6. The number of carbonyl (C=O) groups is 1. The molecule has 0 saturated carbocycles. The van der Waals surface area contributed by atoms with Crippen LogP contribution in [-0.2, 0) is 4.79 Å². The van der Waals surface area contributed by atoms with Gasteiger partial charge in [-0.15, -0.1) is 11.8 Å². The summed E-state index contributed by atoms with van der Waals surface area (Å²) in [7, 11) is 0. The molecule has 7 nitrogen and oxygen atoms in total. The average Bonchev–Trinajstić information content (AvgIpc) is 3.47. The first-order valence-electron chi connectivity index (χ1n) is 9.91. The minimum absolute atomic E-state index is 0.0352. The summed E-state index contributed by atoms with van der Waals surface area (Å²) < 4.78 is 13.4. The SMILES string of the molecule is O=C([C@@H]1C[C@H](N2CCN(c3nc4ccc(F)cc4[nH]3)CC2)CN1)N1CCSC1. The predicted octanol–water partition coefficient (Wildman–Crippen LogP) is 1.09. The van der Waals surface area contributed by atoms with E-state index in [1.807, 2.05) is 16.7 Å². The summed E-state index contributed by atoms with van der Waals surface area (Å²) >= 11 is 1.83. The van der Waals surface area contributed by atoms with Crippen LogP contribution in [0.25, 0.3) is 11.0 Å². The van der Waals surface area contributed by atoms with Gasteiger partial charge in [-0.1, -0.05) is 0 Å². The van der Waals surface area contributed by atoms with Crippen LogP contribution < -0.4 is 10.2 Å². The van der Waals surface area contributed by atoms with Gasteiger partial charge in [0, 0.05) is 51.1 Å². The van der Waals surface area contributed by atoms with Crippen LogP contribution >= 0.6 is 11.8 Å². The summed E-state index contributed by atoms with van der Waals surface area (Å²) in [6.45, 7) is 5.39. The first kappa shape index (κ1) is 18.2. The van der Waals surface area contributed by atoms with E-state index in [2.05, 4.69) is 25.1 Å². The monoisotopic (exact) mass is 404 g/mol. The molecular weight excluding hydrogens is 379 g/mol. The maximum atomic E-state index is 13.4. The Morgan fingerprint density at radius 3 is 2.86 bits per heavy atom. The lowest BCUT2D eigenvalue weighted by molar-refractivity contribution is -0.131. The van der Waals surface area contributed by atoms with Crippen LogP contribution in [0.1, 0.15) is 6.42 Å². The summed E-state index contributed by atoms with van der Waals surface area (Å²) in [6, 6.07) is 5.02. The number of nitrogens with zero attached hydrogens (tertiary/aromatic N) is 4. The fraction of sp³-hybridized carbons (Fsp3) is 0.579. The molecule has 1 amide bonds. The van der Waals surface area contributed by atoms with Gasteiger partial charge in [-0.25, -0.2) is 9.37 Å². The molecule has 0 unspecified atom stereocenters. The fourth-order valence-corrected chi connectivity index (χ4v) is 5.36. The Balaban J connectivity index is 1.17. The highest BCUT2D eigenvalue weighted by Crippen LogP contribution is 2.23. The lowest BCUT2D eigenvalue weighted by Gasteiger charge is -2.37. The number of aromatic amines is 1. The second-order valence-corrected chi connectivity index (χ2v) is 8.81. The van der Waals surface area contributed by atoms with Crippen molar-refractivity contribution < 1.29 is 9.18 Å². The van der Waals surface area contributed by atoms with Gasteiger partial charge in [0.15, 0.2) is 0 Å². The first-order valence-corrected chi connectivity index (χ1v) is 11.1. The average molecular weight is 405 g/mol. The van der Waals surface area contributed by atoms with E-state index in [9.17, 15) is 9.18 Å². The molecule has 1 aromatic carbocycles. The Labute approximate surface area is 167 Å². The van der Waals surface area contributed by atoms with Gasteiger partial charge in [-0.3, -0.25) is 9.69 Å². The Hall–Kier alpha value is -1.84. The fourth-order valence-electron chi connectivity index (χ4n) is 4.41. The van der Waals surface area contributed by atoms with Crippen molar-refractivity contribution in [2.24, 2.45) is 0 Å². The van der Waals surface area contributed by atoms with E-state index in [1.54, 1.807) is 6.07 Å². The lowest BCUT2D eigenvalue weighted by atomic mass is 10.1. The van der Waals surface area contributed by atoms with Gasteiger partial charge in [-0.05, 0) is 24.6 Å². The second-order valence-electron chi connectivity index (χ2n) is 7.73. The number of rotatable bonds is 3. The normalized spacial score (nSPS) is 26.5. The summed E-state index contributed by atoms with van der Waals surface area (Å²) in [5.74, 6) is 2.71. The molecule has 2 aromatic rings. The van der Waals surface area contributed by atoms with Crippen molar-refractivity contribution in [1.82, 2.24) is 25.1 Å². The Morgan fingerprint density at radius 2 is 2.07 bits per heavy atom. The maximum Gasteiger partial charge on any atom is 0.240 e. The summed E-state index contributed by atoms with van der Waals surface area (Å²) in [6.07, 6.45) is 0.893. The number of nitrogens with one attached hydrogen (secondary N) is 2. The van der Waals surface area contributed by atoms with Gasteiger partial charge < -0.3 is 20.1 Å². The topological polar surface area (TPSA) is 67.5 Å². The van der Waals surface area contributed by atoms with Crippen LogP contribution in [0.4, 0.5) is 10.3 Å². The van der Waals surface area contributed by atoms with Gasteiger partial charge in [0.25, 0.3) is 0 Å². The van der Waals surface area contributed by atoms with Crippen LogP contribution in [0.3, 0.4) is 0 Å². The number of hydrogen-bond donors (Lipinski definition) is 2. The zero-order chi connectivity index (χ0) is 19.1. The third-order valence-corrected chi connectivity index (χ3v) is 7.00. The smallest absolute Gasteiger partial charge is 0.240 e. The lowest BCUT2D eigenvalue weighted by Crippen LogP contribution is -2.51.